The van der Waals surface area contributed by atoms with Gasteiger partial charge in [0.1, 0.15) is 17.8 Å². The number of fused-ring (bicyclic) bond motifs is 4. The van der Waals surface area contributed by atoms with Crippen molar-refractivity contribution in [1.29, 1.82) is 0 Å². The van der Waals surface area contributed by atoms with Gasteiger partial charge in [-0.1, -0.05) is 42.4 Å². The van der Waals surface area contributed by atoms with E-state index >= 15 is 0 Å². The van der Waals surface area contributed by atoms with Crippen molar-refractivity contribution in [3.8, 4) is 0 Å². The number of piperidine rings is 1. The van der Waals surface area contributed by atoms with Crippen LogP contribution in [0, 0.1) is 5.41 Å². The Kier molecular flexibility index (Phi) is 4.79. The molecule has 186 valence electrons. The highest BCUT2D eigenvalue weighted by Crippen LogP contribution is 2.51. The van der Waals surface area contributed by atoms with E-state index in [2.05, 4.69) is 61.1 Å². The Balaban J connectivity index is 1.24. The van der Waals surface area contributed by atoms with Crippen molar-refractivity contribution in [2.24, 2.45) is 11.1 Å². The maximum Gasteiger partial charge on any atom is 0.214 e. The van der Waals surface area contributed by atoms with Gasteiger partial charge in [-0.05, 0) is 41.9 Å². The number of hydrogen-bond donors (Lipinski definition) is 3. The number of nitrogen functional groups attached to an aromatic ring is 1. The summed E-state index contributed by atoms with van der Waals surface area (Å²) >= 11 is 6.42. The number of nitrogens with zero attached hydrogens (tertiary/aromatic N) is 7. The molecular formula is C26H25ClN10. The van der Waals surface area contributed by atoms with Crippen LogP contribution in [0.4, 0.5) is 11.8 Å². The zero-order valence-corrected chi connectivity index (χ0v) is 20.8. The largest absolute Gasteiger partial charge is 0.382 e. The number of aromatic nitrogens is 7. The lowest BCUT2D eigenvalue weighted by Gasteiger charge is -2.42. The molecule has 5 heterocycles. The molecule has 4 aromatic heterocycles. The molecule has 5 N–H and O–H groups in total. The highest BCUT2D eigenvalue weighted by atomic mass is 35.5. The monoisotopic (exact) mass is 512 g/mol. The van der Waals surface area contributed by atoms with Crippen molar-refractivity contribution in [3.63, 3.8) is 0 Å². The van der Waals surface area contributed by atoms with Gasteiger partial charge in [-0.25, -0.2) is 4.98 Å². The minimum Gasteiger partial charge on any atom is -0.382 e. The number of benzene rings is 1. The Morgan fingerprint density at radius 3 is 2.81 bits per heavy atom. The van der Waals surface area contributed by atoms with Gasteiger partial charge in [0.05, 0.1) is 10.4 Å². The first-order valence-electron chi connectivity index (χ1n) is 12.2. The standard InChI is InChI=1S/C26H25ClN10/c1-14(16-6-9-30-22(29)19(16)27)20-18-23(34-33-20)32-25(37-13-31-35-24(18)37)36-10-7-26(8-11-36)12-15-4-2-3-5-17(15)21(26)28/h2-6,9,13,21H,1,7-8,10-12,28H2,(H2,29,30)(H,33,34)/t21-/m1/s1. The zero-order chi connectivity index (χ0) is 25.3. The van der Waals surface area contributed by atoms with Crippen LogP contribution in [-0.2, 0) is 6.42 Å². The summed E-state index contributed by atoms with van der Waals surface area (Å²) in [5.41, 5.74) is 18.5. The van der Waals surface area contributed by atoms with E-state index in [1.807, 2.05) is 4.40 Å². The number of aromatic amines is 1. The van der Waals surface area contributed by atoms with E-state index in [1.165, 1.54) is 11.1 Å². The topological polar surface area (TPSA) is 140 Å². The van der Waals surface area contributed by atoms with Crippen LogP contribution in [0.3, 0.4) is 0 Å². The molecule has 11 heteroatoms. The molecule has 2 aliphatic rings. The minimum absolute atomic E-state index is 0.0615. The average molecular weight is 513 g/mol. The van der Waals surface area contributed by atoms with Crippen LogP contribution in [0.1, 0.15) is 41.3 Å². The molecule has 0 bridgehead atoms. The van der Waals surface area contributed by atoms with E-state index in [4.69, 9.17) is 28.1 Å². The van der Waals surface area contributed by atoms with E-state index in [1.54, 1.807) is 18.6 Å². The van der Waals surface area contributed by atoms with Gasteiger partial charge < -0.3 is 16.4 Å². The summed E-state index contributed by atoms with van der Waals surface area (Å²) in [6.45, 7) is 5.91. The first-order valence-corrected chi connectivity index (χ1v) is 12.6. The Labute approximate surface area is 217 Å². The van der Waals surface area contributed by atoms with Crippen LogP contribution in [0.25, 0.3) is 22.3 Å². The summed E-state index contributed by atoms with van der Waals surface area (Å²) in [6, 6.07) is 10.4. The second kappa shape index (κ2) is 7.99. The molecule has 10 nitrogen and oxygen atoms in total. The van der Waals surface area contributed by atoms with Crippen molar-refractivity contribution >= 4 is 45.6 Å². The molecule has 1 aromatic carbocycles. The molecular weight excluding hydrogens is 488 g/mol. The van der Waals surface area contributed by atoms with Gasteiger partial charge in [-0.3, -0.25) is 9.50 Å². The predicted octanol–water partition coefficient (Wildman–Crippen LogP) is 3.54. The molecule has 5 aromatic rings. The molecule has 7 rings (SSSR count). The third-order valence-corrected chi connectivity index (χ3v) is 8.50. The summed E-state index contributed by atoms with van der Waals surface area (Å²) in [5, 5.41) is 17.3. The molecule has 1 atom stereocenters. The van der Waals surface area contributed by atoms with Crippen LogP contribution < -0.4 is 16.4 Å². The smallest absolute Gasteiger partial charge is 0.214 e. The molecule has 37 heavy (non-hydrogen) atoms. The summed E-state index contributed by atoms with van der Waals surface area (Å²) in [7, 11) is 0. The molecule has 0 saturated carbocycles. The van der Waals surface area contributed by atoms with Gasteiger partial charge in [0.2, 0.25) is 5.95 Å². The number of H-pyrrole nitrogens is 1. The lowest BCUT2D eigenvalue weighted by molar-refractivity contribution is 0.187. The molecule has 1 saturated heterocycles. The van der Waals surface area contributed by atoms with Gasteiger partial charge in [0.25, 0.3) is 0 Å². The second-order valence-corrected chi connectivity index (χ2v) is 10.3. The fourth-order valence-electron chi connectivity index (χ4n) is 6.05. The third kappa shape index (κ3) is 3.19. The van der Waals surface area contributed by atoms with Crippen LogP contribution in [0.15, 0.2) is 49.4 Å². The van der Waals surface area contributed by atoms with Crippen molar-refractivity contribution in [2.75, 3.05) is 23.7 Å². The Bertz CT molecular complexity index is 1690. The maximum atomic E-state index is 6.79. The fraction of sp³-hybridized carbons (Fsp3) is 0.269. The van der Waals surface area contributed by atoms with Crippen LogP contribution >= 0.6 is 11.6 Å². The molecule has 0 radical (unpaired) electrons. The van der Waals surface area contributed by atoms with E-state index in [0.717, 1.165) is 43.7 Å². The Hall–Kier alpha value is -4.02. The molecule has 1 fully saturated rings. The Morgan fingerprint density at radius 2 is 2.00 bits per heavy atom. The highest BCUT2D eigenvalue weighted by molar-refractivity contribution is 6.34. The molecule has 1 aliphatic carbocycles. The molecule has 0 unspecified atom stereocenters. The van der Waals surface area contributed by atoms with E-state index in [-0.39, 0.29) is 17.3 Å². The number of nitrogens with one attached hydrogen (secondary N) is 1. The SMILES string of the molecule is C=C(c1ccnc(N)c1Cl)c1n[nH]c2nc(N3CCC4(CC3)Cc3ccccc3[C@H]4N)n3cnnc3c12. The number of nitrogens with two attached hydrogens (primary N) is 2. The third-order valence-electron chi connectivity index (χ3n) is 8.11. The van der Waals surface area contributed by atoms with Gasteiger partial charge in [0.15, 0.2) is 11.3 Å². The quantitative estimate of drug-likeness (QED) is 0.333. The van der Waals surface area contributed by atoms with Gasteiger partial charge in [-0.2, -0.15) is 10.1 Å². The van der Waals surface area contributed by atoms with E-state index in [0.29, 0.717) is 33.1 Å². The van der Waals surface area contributed by atoms with Crippen LogP contribution in [0.2, 0.25) is 5.02 Å². The first kappa shape index (κ1) is 22.2. The van der Waals surface area contributed by atoms with Gasteiger partial charge in [0, 0.05) is 36.5 Å². The van der Waals surface area contributed by atoms with E-state index in [9.17, 15) is 0 Å². The predicted molar refractivity (Wildman–Crippen MR) is 143 cm³/mol. The van der Waals surface area contributed by atoms with Crippen molar-refractivity contribution in [2.45, 2.75) is 25.3 Å². The summed E-state index contributed by atoms with van der Waals surface area (Å²) < 4.78 is 1.92. The van der Waals surface area contributed by atoms with Gasteiger partial charge >= 0.3 is 0 Å². The van der Waals surface area contributed by atoms with Crippen molar-refractivity contribution in [3.05, 3.63) is 76.8 Å². The summed E-state index contributed by atoms with van der Waals surface area (Å²) in [5.74, 6) is 1.01. The van der Waals surface area contributed by atoms with Gasteiger partial charge in [-0.15, -0.1) is 10.2 Å². The summed E-state index contributed by atoms with van der Waals surface area (Å²) in [4.78, 5) is 11.3. The number of hydrogen-bond acceptors (Lipinski definition) is 8. The normalized spacial score (nSPS) is 18.6. The molecule has 0 amide bonds. The highest BCUT2D eigenvalue weighted by Gasteiger charge is 2.46. The first-order chi connectivity index (χ1) is 18.0. The second-order valence-electron chi connectivity index (χ2n) is 9.97. The summed E-state index contributed by atoms with van der Waals surface area (Å²) in [6.07, 6.45) is 6.28. The molecule has 1 spiro atoms. The minimum atomic E-state index is 0.0615. The Morgan fingerprint density at radius 1 is 1.19 bits per heavy atom. The molecule has 1 aliphatic heterocycles. The lowest BCUT2D eigenvalue weighted by Crippen LogP contribution is -2.45. The van der Waals surface area contributed by atoms with E-state index < -0.39 is 0 Å². The van der Waals surface area contributed by atoms with Crippen LogP contribution in [0.5, 0.6) is 0 Å². The fourth-order valence-corrected chi connectivity index (χ4v) is 6.28. The van der Waals surface area contributed by atoms with Crippen LogP contribution in [-0.4, -0.2) is 47.9 Å². The maximum absolute atomic E-state index is 6.79. The van der Waals surface area contributed by atoms with Crippen molar-refractivity contribution < 1.29 is 0 Å². The number of pyridine rings is 1. The number of anilines is 2. The average Bonchev–Trinajstić information content (AvgIpc) is 3.62. The number of halogens is 1. The zero-order valence-electron chi connectivity index (χ0n) is 20.0. The van der Waals surface area contributed by atoms with Crippen molar-refractivity contribution in [1.82, 2.24) is 34.8 Å². The lowest BCUT2D eigenvalue weighted by atomic mass is 9.73. The number of rotatable bonds is 3.